The van der Waals surface area contributed by atoms with Crippen LogP contribution in [0, 0.1) is 13.8 Å². The van der Waals surface area contributed by atoms with Gasteiger partial charge in [0.25, 0.3) is 0 Å². The van der Waals surface area contributed by atoms with E-state index in [1.54, 1.807) is 6.92 Å². The van der Waals surface area contributed by atoms with Crippen LogP contribution >= 0.6 is 22.9 Å². The average molecular weight is 496 g/mol. The third kappa shape index (κ3) is 5.07. The molecule has 2 aromatic heterocycles. The van der Waals surface area contributed by atoms with Crippen LogP contribution in [0.2, 0.25) is 5.02 Å². The van der Waals surface area contributed by atoms with Gasteiger partial charge in [0, 0.05) is 0 Å². The molecule has 0 radical (unpaired) electrons. The topological polar surface area (TPSA) is 99.5 Å². The number of hydrogen-bond donors (Lipinski definition) is 1. The Balaban J connectivity index is 2.42. The largest absolute Gasteiger partial charge is 0.465 e. The molecule has 176 valence electrons. The molecule has 2 rings (SSSR count). The normalized spacial score (nSPS) is 12.4. The summed E-state index contributed by atoms with van der Waals surface area (Å²) >= 11 is 6.55. The SMILES string of the molecule is CCCOC(=O)c1c(NC(=O)C(C)n2nc(C(F)(F)F)c(Cl)c2C)sc(C(=O)OC)c1C. The smallest absolute Gasteiger partial charge is 0.436 e. The van der Waals surface area contributed by atoms with Crippen LogP contribution in [-0.2, 0) is 20.4 Å². The predicted molar refractivity (Wildman–Crippen MR) is 111 cm³/mol. The van der Waals surface area contributed by atoms with Gasteiger partial charge in [0.2, 0.25) is 5.91 Å². The van der Waals surface area contributed by atoms with Gasteiger partial charge in [-0.2, -0.15) is 18.3 Å². The van der Waals surface area contributed by atoms with Gasteiger partial charge in [0.05, 0.1) is 30.0 Å². The van der Waals surface area contributed by atoms with Crippen LogP contribution in [-0.4, -0.2) is 41.3 Å². The summed E-state index contributed by atoms with van der Waals surface area (Å²) in [6.45, 7) is 6.04. The summed E-state index contributed by atoms with van der Waals surface area (Å²) in [6.07, 6.45) is -4.24. The van der Waals surface area contributed by atoms with Gasteiger partial charge in [-0.05, 0) is 32.8 Å². The molecule has 1 N–H and O–H groups in total. The summed E-state index contributed by atoms with van der Waals surface area (Å²) in [6, 6.07) is -1.22. The Kier molecular flexibility index (Phi) is 7.94. The fourth-order valence-corrected chi connectivity index (χ4v) is 4.13. The number of nitrogens with zero attached hydrogens (tertiary/aromatic N) is 2. The fourth-order valence-electron chi connectivity index (χ4n) is 2.79. The Morgan fingerprint density at radius 3 is 2.38 bits per heavy atom. The number of ether oxygens (including phenoxy) is 2. The molecule has 1 atom stereocenters. The van der Waals surface area contributed by atoms with E-state index in [1.165, 1.54) is 27.9 Å². The Morgan fingerprint density at radius 2 is 1.88 bits per heavy atom. The van der Waals surface area contributed by atoms with Crippen molar-refractivity contribution >= 4 is 45.8 Å². The molecule has 0 fully saturated rings. The molecule has 2 aromatic rings. The monoisotopic (exact) mass is 495 g/mol. The zero-order chi connectivity index (χ0) is 24.4. The van der Waals surface area contributed by atoms with Crippen LogP contribution in [0.15, 0.2) is 0 Å². The summed E-state index contributed by atoms with van der Waals surface area (Å²) in [4.78, 5) is 37.5. The van der Waals surface area contributed by atoms with Crippen molar-refractivity contribution in [3.8, 4) is 0 Å². The number of thiophene rings is 1. The minimum atomic E-state index is -4.79. The summed E-state index contributed by atoms with van der Waals surface area (Å²) in [5.41, 5.74) is -1.14. The number of alkyl halides is 3. The van der Waals surface area contributed by atoms with Gasteiger partial charge in [-0.25, -0.2) is 9.59 Å². The van der Waals surface area contributed by atoms with Crippen LogP contribution in [0.5, 0.6) is 0 Å². The zero-order valence-corrected chi connectivity index (χ0v) is 19.4. The van der Waals surface area contributed by atoms with Crippen LogP contribution in [0.3, 0.4) is 0 Å². The standard InChI is InChI=1S/C19H21ClF3N3O5S/c1-6-7-31-17(28)11-8(2)13(18(29)30-5)32-16(11)24-15(27)10(4)26-9(3)12(20)14(25-26)19(21,22)23/h10H,6-7H2,1-5H3,(H,24,27). The molecule has 2 heterocycles. The second-order valence-electron chi connectivity index (χ2n) is 6.74. The summed E-state index contributed by atoms with van der Waals surface area (Å²) in [5.74, 6) is -2.24. The molecular weight excluding hydrogens is 475 g/mol. The molecule has 13 heteroatoms. The number of carbonyl (C=O) groups excluding carboxylic acids is 3. The van der Waals surface area contributed by atoms with E-state index in [0.717, 1.165) is 16.0 Å². The van der Waals surface area contributed by atoms with E-state index in [4.69, 9.17) is 21.1 Å². The van der Waals surface area contributed by atoms with Crippen molar-refractivity contribution in [2.75, 3.05) is 19.0 Å². The van der Waals surface area contributed by atoms with Crippen molar-refractivity contribution in [1.29, 1.82) is 0 Å². The Morgan fingerprint density at radius 1 is 1.25 bits per heavy atom. The lowest BCUT2D eigenvalue weighted by molar-refractivity contribution is -0.141. The summed E-state index contributed by atoms with van der Waals surface area (Å²) < 4.78 is 50.0. The van der Waals surface area contributed by atoms with E-state index in [2.05, 4.69) is 10.4 Å². The van der Waals surface area contributed by atoms with E-state index in [0.29, 0.717) is 6.42 Å². The number of rotatable bonds is 7. The van der Waals surface area contributed by atoms with Crippen molar-refractivity contribution in [1.82, 2.24) is 9.78 Å². The molecule has 0 saturated carbocycles. The van der Waals surface area contributed by atoms with Gasteiger partial charge >= 0.3 is 18.1 Å². The lowest BCUT2D eigenvalue weighted by Crippen LogP contribution is -2.26. The van der Waals surface area contributed by atoms with Crippen LogP contribution in [0.4, 0.5) is 18.2 Å². The highest BCUT2D eigenvalue weighted by molar-refractivity contribution is 7.18. The number of amides is 1. The number of halogens is 4. The van der Waals surface area contributed by atoms with Gasteiger partial charge in [-0.1, -0.05) is 18.5 Å². The Bertz CT molecular complexity index is 1050. The van der Waals surface area contributed by atoms with Crippen molar-refractivity contribution < 1.29 is 37.0 Å². The number of carbonyl (C=O) groups is 3. The first-order chi connectivity index (χ1) is 14.8. The van der Waals surface area contributed by atoms with Gasteiger partial charge in [0.15, 0.2) is 5.69 Å². The lowest BCUT2D eigenvalue weighted by Gasteiger charge is -2.15. The van der Waals surface area contributed by atoms with Crippen LogP contribution in [0.25, 0.3) is 0 Å². The number of anilines is 1. The van der Waals surface area contributed by atoms with Gasteiger partial charge in [-0.3, -0.25) is 9.48 Å². The fraction of sp³-hybridized carbons (Fsp3) is 0.474. The maximum Gasteiger partial charge on any atom is 0.436 e. The van der Waals surface area contributed by atoms with E-state index in [1.807, 2.05) is 0 Å². The molecular formula is C19H21ClF3N3O5S. The maximum atomic E-state index is 13.1. The highest BCUT2D eigenvalue weighted by atomic mass is 35.5. The minimum absolute atomic E-state index is 0.00723. The third-order valence-corrected chi connectivity index (χ3v) is 6.13. The average Bonchev–Trinajstić information content (AvgIpc) is 3.21. The minimum Gasteiger partial charge on any atom is -0.465 e. The predicted octanol–water partition coefficient (Wildman–Crippen LogP) is 4.79. The molecule has 0 aliphatic rings. The number of aromatic nitrogens is 2. The lowest BCUT2D eigenvalue weighted by atomic mass is 10.1. The van der Waals surface area contributed by atoms with Crippen molar-refractivity contribution in [3.05, 3.63) is 32.4 Å². The molecule has 8 nitrogen and oxygen atoms in total. The number of esters is 2. The van der Waals surface area contributed by atoms with Gasteiger partial charge in [-0.15, -0.1) is 11.3 Å². The first-order valence-corrected chi connectivity index (χ1v) is 10.6. The molecule has 0 aliphatic heterocycles. The number of nitrogens with one attached hydrogen (secondary N) is 1. The molecule has 1 unspecified atom stereocenters. The maximum absolute atomic E-state index is 13.1. The van der Waals surface area contributed by atoms with Gasteiger partial charge < -0.3 is 14.8 Å². The van der Waals surface area contributed by atoms with E-state index < -0.39 is 40.8 Å². The molecule has 0 aromatic carbocycles. The summed E-state index contributed by atoms with van der Waals surface area (Å²) in [5, 5.41) is 5.33. The second kappa shape index (κ2) is 9.90. The quantitative estimate of drug-likeness (QED) is 0.554. The second-order valence-corrected chi connectivity index (χ2v) is 8.14. The van der Waals surface area contributed by atoms with Crippen LogP contribution < -0.4 is 5.32 Å². The molecule has 0 bridgehead atoms. The third-order valence-electron chi connectivity index (χ3n) is 4.49. The summed E-state index contributed by atoms with van der Waals surface area (Å²) in [7, 11) is 1.17. The highest BCUT2D eigenvalue weighted by Crippen LogP contribution is 2.37. The van der Waals surface area contributed by atoms with E-state index in [-0.39, 0.29) is 33.3 Å². The molecule has 1 amide bonds. The van der Waals surface area contributed by atoms with E-state index in [9.17, 15) is 27.6 Å². The Hall–Kier alpha value is -2.60. The number of methoxy groups -OCH3 is 1. The van der Waals surface area contributed by atoms with Crippen molar-refractivity contribution in [2.45, 2.75) is 46.3 Å². The first kappa shape index (κ1) is 25.7. The molecule has 0 saturated heterocycles. The Labute approximate surface area is 190 Å². The first-order valence-electron chi connectivity index (χ1n) is 9.36. The molecule has 32 heavy (non-hydrogen) atoms. The molecule has 0 aliphatic carbocycles. The van der Waals surface area contributed by atoms with E-state index >= 15 is 0 Å². The number of hydrogen-bond acceptors (Lipinski definition) is 7. The zero-order valence-electron chi connectivity index (χ0n) is 17.8. The van der Waals surface area contributed by atoms with Crippen molar-refractivity contribution in [2.24, 2.45) is 0 Å². The van der Waals surface area contributed by atoms with Crippen LogP contribution in [0.1, 0.15) is 63.3 Å². The van der Waals surface area contributed by atoms with Gasteiger partial charge in [0.1, 0.15) is 15.9 Å². The van der Waals surface area contributed by atoms with Crippen molar-refractivity contribution in [3.63, 3.8) is 0 Å². The molecule has 0 spiro atoms. The highest BCUT2D eigenvalue weighted by Gasteiger charge is 2.39.